The molecule has 0 aliphatic carbocycles. The van der Waals surface area contributed by atoms with Crippen LogP contribution in [0.25, 0.3) is 0 Å². The number of phenols is 1. The van der Waals surface area contributed by atoms with Crippen LogP contribution in [0.3, 0.4) is 0 Å². The van der Waals surface area contributed by atoms with Crippen LogP contribution in [-0.4, -0.2) is 17.9 Å². The minimum absolute atomic E-state index is 0.0959. The second-order valence-electron chi connectivity index (χ2n) is 3.27. The van der Waals surface area contributed by atoms with Gasteiger partial charge >= 0.3 is 0 Å². The molecule has 0 fully saturated rings. The van der Waals surface area contributed by atoms with Crippen molar-refractivity contribution in [1.29, 1.82) is 0 Å². The molecule has 86 valence electrons. The molecule has 3 nitrogen and oxygen atoms in total. The van der Waals surface area contributed by atoms with Crippen LogP contribution in [0.2, 0.25) is 0 Å². The molecule has 0 bridgehead atoms. The first-order valence-corrected chi connectivity index (χ1v) is 4.47. The fourth-order valence-corrected chi connectivity index (χ4v) is 1.32. The average molecular weight is 227 g/mol. The van der Waals surface area contributed by atoms with Crippen LogP contribution in [0.4, 0.5) is 14.5 Å². The van der Waals surface area contributed by atoms with Crippen LogP contribution in [-0.2, 0) is 0 Å². The highest BCUT2D eigenvalue weighted by atomic mass is 19.2. The minimum atomic E-state index is -1.38. The molecule has 0 unspecified atom stereocenters. The molecule has 0 aromatic heterocycles. The van der Waals surface area contributed by atoms with Crippen molar-refractivity contribution in [1.82, 2.24) is 0 Å². The summed E-state index contributed by atoms with van der Waals surface area (Å²) in [6.45, 7) is 4.62. The predicted octanol–water partition coefficient (Wildman–Crippen LogP) is 2.45. The van der Waals surface area contributed by atoms with E-state index >= 15 is 0 Å². The number of aromatic hydroxyl groups is 1. The lowest BCUT2D eigenvalue weighted by Gasteiger charge is -2.18. The van der Waals surface area contributed by atoms with E-state index in [9.17, 15) is 18.7 Å². The van der Waals surface area contributed by atoms with Crippen molar-refractivity contribution in [2.24, 2.45) is 0 Å². The van der Waals surface area contributed by atoms with Gasteiger partial charge in [-0.1, -0.05) is 6.58 Å². The summed E-state index contributed by atoms with van der Waals surface area (Å²) in [5.41, 5.74) is -0.194. The zero-order valence-electron chi connectivity index (χ0n) is 8.92. The number of halogens is 2. The number of nitrogens with zero attached hydrogens (tertiary/aromatic N) is 1. The molecule has 5 heteroatoms. The third-order valence-electron chi connectivity index (χ3n) is 2.17. The number of anilines is 1. The molecule has 0 aliphatic rings. The van der Waals surface area contributed by atoms with E-state index in [0.29, 0.717) is 0 Å². The summed E-state index contributed by atoms with van der Waals surface area (Å²) in [5, 5.41) is 9.45. The highest BCUT2D eigenvalue weighted by molar-refractivity contribution is 6.01. The van der Waals surface area contributed by atoms with Gasteiger partial charge in [-0.05, 0) is 19.2 Å². The number of hydrogen-bond acceptors (Lipinski definition) is 3. The van der Waals surface area contributed by atoms with Crippen molar-refractivity contribution < 1.29 is 18.7 Å². The van der Waals surface area contributed by atoms with E-state index in [1.54, 1.807) is 0 Å². The summed E-state index contributed by atoms with van der Waals surface area (Å²) in [7, 11) is 1.46. The lowest BCUT2D eigenvalue weighted by atomic mass is 10.1. The maximum atomic E-state index is 13.1. The molecule has 1 aromatic rings. The zero-order valence-corrected chi connectivity index (χ0v) is 8.92. The molecule has 0 spiro atoms. The first-order valence-electron chi connectivity index (χ1n) is 4.47. The Morgan fingerprint density at radius 1 is 1.56 bits per heavy atom. The van der Waals surface area contributed by atoms with Crippen molar-refractivity contribution >= 4 is 11.5 Å². The van der Waals surface area contributed by atoms with Gasteiger partial charge in [0.15, 0.2) is 17.3 Å². The Labute approximate surface area is 91.6 Å². The first kappa shape index (κ1) is 12.2. The van der Waals surface area contributed by atoms with Crippen LogP contribution in [0.15, 0.2) is 18.8 Å². The van der Waals surface area contributed by atoms with E-state index in [1.807, 2.05) is 0 Å². The van der Waals surface area contributed by atoms with E-state index in [2.05, 4.69) is 6.58 Å². The number of hydrogen-bond donors (Lipinski definition) is 1. The van der Waals surface area contributed by atoms with Crippen LogP contribution >= 0.6 is 0 Å². The molecule has 0 heterocycles. The summed E-state index contributed by atoms with van der Waals surface area (Å²) in [5.74, 6) is -4.01. The second kappa shape index (κ2) is 4.30. The van der Waals surface area contributed by atoms with Gasteiger partial charge in [0.2, 0.25) is 5.82 Å². The Kier molecular flexibility index (Phi) is 3.27. The normalized spacial score (nSPS) is 10.0. The van der Waals surface area contributed by atoms with Crippen molar-refractivity contribution in [2.75, 3.05) is 11.9 Å². The number of ketones is 1. The fraction of sp³-hybridized carbons (Fsp3) is 0.182. The highest BCUT2D eigenvalue weighted by Crippen LogP contribution is 2.35. The highest BCUT2D eigenvalue weighted by Gasteiger charge is 2.21. The molecule has 0 saturated carbocycles. The molecule has 16 heavy (non-hydrogen) atoms. The Morgan fingerprint density at radius 3 is 2.56 bits per heavy atom. The molecule has 0 amide bonds. The molecule has 1 aromatic carbocycles. The number of benzene rings is 1. The molecule has 1 rings (SSSR count). The molecule has 1 N–H and O–H groups in total. The van der Waals surface area contributed by atoms with E-state index in [-0.39, 0.29) is 11.3 Å². The molecule has 0 saturated heterocycles. The van der Waals surface area contributed by atoms with Gasteiger partial charge in [0.25, 0.3) is 0 Å². The summed E-state index contributed by atoms with van der Waals surface area (Å²) >= 11 is 0. The fourth-order valence-electron chi connectivity index (χ4n) is 1.32. The third kappa shape index (κ3) is 1.88. The average Bonchev–Trinajstić information content (AvgIpc) is 2.24. The van der Waals surface area contributed by atoms with Crippen LogP contribution in [0.5, 0.6) is 5.75 Å². The monoisotopic (exact) mass is 227 g/mol. The Balaban J connectivity index is 3.60. The lowest BCUT2D eigenvalue weighted by Crippen LogP contribution is -2.13. The molecular weight excluding hydrogens is 216 g/mol. The van der Waals surface area contributed by atoms with Crippen molar-refractivity contribution in [3.63, 3.8) is 0 Å². The van der Waals surface area contributed by atoms with Gasteiger partial charge in [-0.25, -0.2) is 4.39 Å². The maximum Gasteiger partial charge on any atom is 0.202 e. The van der Waals surface area contributed by atoms with Gasteiger partial charge < -0.3 is 10.0 Å². The van der Waals surface area contributed by atoms with Crippen molar-refractivity contribution in [2.45, 2.75) is 6.92 Å². The van der Waals surface area contributed by atoms with Gasteiger partial charge in [-0.3, -0.25) is 4.79 Å². The standard InChI is InChI=1S/C11H11F2NO2/c1-4-14(3)10-7(6(2)15)5-8(12)9(13)11(10)16/h4-5,16H,1H2,2-3H3. The SMILES string of the molecule is C=CN(C)c1c(C(C)=O)cc(F)c(F)c1O. The first-order chi connectivity index (χ1) is 7.40. The van der Waals surface area contributed by atoms with Gasteiger partial charge in [0, 0.05) is 12.6 Å². The Morgan fingerprint density at radius 2 is 2.12 bits per heavy atom. The maximum absolute atomic E-state index is 13.1. The van der Waals surface area contributed by atoms with Crippen molar-refractivity contribution in [3.05, 3.63) is 36.0 Å². The van der Waals surface area contributed by atoms with E-state index in [4.69, 9.17) is 0 Å². The third-order valence-corrected chi connectivity index (χ3v) is 2.17. The zero-order chi connectivity index (χ0) is 12.5. The van der Waals surface area contributed by atoms with E-state index < -0.39 is 23.2 Å². The topological polar surface area (TPSA) is 40.5 Å². The summed E-state index contributed by atoms with van der Waals surface area (Å²) in [6, 6.07) is 0.757. The molecule has 0 aliphatic heterocycles. The molecule has 0 radical (unpaired) electrons. The van der Waals surface area contributed by atoms with Gasteiger partial charge in [-0.15, -0.1) is 0 Å². The van der Waals surface area contributed by atoms with Crippen molar-refractivity contribution in [3.8, 4) is 5.75 Å². The quantitative estimate of drug-likeness (QED) is 0.806. The molecule has 0 atom stereocenters. The summed E-state index contributed by atoms with van der Waals surface area (Å²) in [4.78, 5) is 12.5. The van der Waals surface area contributed by atoms with Gasteiger partial charge in [0.1, 0.15) is 0 Å². The predicted molar refractivity (Wildman–Crippen MR) is 56.6 cm³/mol. The number of rotatable bonds is 3. The Bertz CT molecular complexity index is 458. The van der Waals surface area contributed by atoms with Gasteiger partial charge in [-0.2, -0.15) is 4.39 Å². The summed E-state index contributed by atoms with van der Waals surface area (Å²) in [6.07, 6.45) is 1.28. The largest absolute Gasteiger partial charge is 0.503 e. The number of carbonyl (C=O) groups excluding carboxylic acids is 1. The summed E-state index contributed by atoms with van der Waals surface area (Å²) < 4.78 is 26.2. The number of carbonyl (C=O) groups is 1. The number of phenolic OH excluding ortho intramolecular Hbond substituents is 1. The smallest absolute Gasteiger partial charge is 0.202 e. The van der Waals surface area contributed by atoms with Crippen LogP contribution < -0.4 is 4.90 Å². The van der Waals surface area contributed by atoms with E-state index in [1.165, 1.54) is 25.1 Å². The number of Topliss-reactive ketones (excluding diaryl/α,β-unsaturated/α-hetero) is 1. The molecular formula is C11H11F2NO2. The van der Waals surface area contributed by atoms with Crippen LogP contribution in [0.1, 0.15) is 17.3 Å². The second-order valence-corrected chi connectivity index (χ2v) is 3.27. The Hall–Kier alpha value is -1.91. The van der Waals surface area contributed by atoms with E-state index in [0.717, 1.165) is 6.07 Å². The minimum Gasteiger partial charge on any atom is -0.503 e. The lowest BCUT2D eigenvalue weighted by molar-refractivity contribution is 0.101. The van der Waals surface area contributed by atoms with Crippen LogP contribution in [0, 0.1) is 11.6 Å². The van der Waals surface area contributed by atoms with Gasteiger partial charge in [0.05, 0.1) is 5.69 Å².